The maximum absolute atomic E-state index is 9.50. The Morgan fingerprint density at radius 3 is 2.20 bits per heavy atom. The van der Waals surface area contributed by atoms with E-state index in [0.717, 1.165) is 12.0 Å². The Hall–Kier alpha value is -0.300. The van der Waals surface area contributed by atoms with E-state index in [1.807, 2.05) is 6.92 Å². The van der Waals surface area contributed by atoms with Gasteiger partial charge < -0.3 is 5.11 Å². The molecule has 0 aromatic carbocycles. The maximum atomic E-state index is 9.50. The molecule has 0 bridgehead atoms. The molecule has 0 aliphatic heterocycles. The smallest absolute Gasteiger partial charge is 0.0778 e. The number of hydrogen-bond acceptors (Lipinski definition) is 1. The molecule has 1 rings (SSSR count). The summed E-state index contributed by atoms with van der Waals surface area (Å²) in [5.41, 5.74) is 1.26. The van der Waals surface area contributed by atoms with Crippen molar-refractivity contribution < 1.29 is 5.11 Å². The lowest BCUT2D eigenvalue weighted by molar-refractivity contribution is 0.172. The SMILES string of the molecule is C=C(C)C(O)C1CC1(C)C. The van der Waals surface area contributed by atoms with Crippen LogP contribution in [0, 0.1) is 11.3 Å². The van der Waals surface area contributed by atoms with E-state index in [9.17, 15) is 5.11 Å². The summed E-state index contributed by atoms with van der Waals surface area (Å²) in [6.45, 7) is 9.99. The number of hydrogen-bond donors (Lipinski definition) is 1. The minimum atomic E-state index is -0.269. The summed E-state index contributed by atoms with van der Waals surface area (Å²) in [6.07, 6.45) is 0.871. The van der Waals surface area contributed by atoms with Gasteiger partial charge in [-0.1, -0.05) is 26.0 Å². The van der Waals surface area contributed by atoms with Crippen molar-refractivity contribution in [1.29, 1.82) is 0 Å². The van der Waals surface area contributed by atoms with Crippen molar-refractivity contribution in [2.24, 2.45) is 11.3 Å². The van der Waals surface area contributed by atoms with Crippen LogP contribution in [0.1, 0.15) is 27.2 Å². The fourth-order valence-corrected chi connectivity index (χ4v) is 1.39. The molecule has 2 unspecified atom stereocenters. The third-order valence-electron chi connectivity index (χ3n) is 2.48. The average molecular weight is 140 g/mol. The number of aliphatic hydroxyl groups is 1. The van der Waals surface area contributed by atoms with Crippen molar-refractivity contribution in [3.63, 3.8) is 0 Å². The van der Waals surface area contributed by atoms with Gasteiger partial charge in [-0.3, -0.25) is 0 Å². The molecule has 0 spiro atoms. The Labute approximate surface area is 62.8 Å². The van der Waals surface area contributed by atoms with Gasteiger partial charge in [0.2, 0.25) is 0 Å². The van der Waals surface area contributed by atoms with Gasteiger partial charge in [0, 0.05) is 0 Å². The molecule has 1 fully saturated rings. The second-order valence-electron chi connectivity index (χ2n) is 4.09. The normalized spacial score (nSPS) is 31.4. The first-order valence-electron chi connectivity index (χ1n) is 3.78. The lowest BCUT2D eigenvalue weighted by Crippen LogP contribution is -2.13. The molecule has 0 radical (unpaired) electrons. The minimum absolute atomic E-state index is 0.269. The van der Waals surface area contributed by atoms with Crippen LogP contribution in [0.3, 0.4) is 0 Å². The summed E-state index contributed by atoms with van der Waals surface area (Å²) >= 11 is 0. The molecule has 0 heterocycles. The summed E-state index contributed by atoms with van der Waals surface area (Å²) in [5.74, 6) is 0.463. The lowest BCUT2D eigenvalue weighted by atomic mass is 10.0. The van der Waals surface area contributed by atoms with Crippen LogP contribution in [0.15, 0.2) is 12.2 Å². The second kappa shape index (κ2) is 2.09. The van der Waals surface area contributed by atoms with Gasteiger partial charge in [-0.15, -0.1) is 0 Å². The van der Waals surface area contributed by atoms with Crippen molar-refractivity contribution in [3.05, 3.63) is 12.2 Å². The monoisotopic (exact) mass is 140 g/mol. The summed E-state index contributed by atoms with van der Waals surface area (Å²) in [5, 5.41) is 9.50. The van der Waals surface area contributed by atoms with Gasteiger partial charge in [0.25, 0.3) is 0 Å². The zero-order valence-corrected chi connectivity index (χ0v) is 7.02. The number of aliphatic hydroxyl groups excluding tert-OH is 1. The summed E-state index contributed by atoms with van der Waals surface area (Å²) in [6, 6.07) is 0. The Kier molecular flexibility index (Phi) is 1.63. The van der Waals surface area contributed by atoms with Crippen LogP contribution >= 0.6 is 0 Å². The molecule has 0 aromatic rings. The standard InChI is InChI=1S/C9H16O/c1-6(2)8(10)7-5-9(7,3)4/h7-8,10H,1,5H2,2-4H3. The molecule has 0 amide bonds. The first kappa shape index (κ1) is 7.80. The van der Waals surface area contributed by atoms with Gasteiger partial charge in [0.1, 0.15) is 0 Å². The van der Waals surface area contributed by atoms with E-state index in [1.165, 1.54) is 0 Å². The Morgan fingerprint density at radius 2 is 2.10 bits per heavy atom. The molecule has 0 aromatic heterocycles. The Morgan fingerprint density at radius 1 is 1.70 bits per heavy atom. The third kappa shape index (κ3) is 1.24. The first-order chi connectivity index (χ1) is 4.45. The van der Waals surface area contributed by atoms with Crippen molar-refractivity contribution in [2.75, 3.05) is 0 Å². The quantitative estimate of drug-likeness (QED) is 0.581. The van der Waals surface area contributed by atoms with E-state index in [0.29, 0.717) is 11.3 Å². The molecule has 1 saturated carbocycles. The predicted octanol–water partition coefficient (Wildman–Crippen LogP) is 1.97. The third-order valence-corrected chi connectivity index (χ3v) is 2.48. The molecule has 58 valence electrons. The molecule has 1 aliphatic rings. The molecule has 1 nitrogen and oxygen atoms in total. The highest BCUT2D eigenvalue weighted by Gasteiger charge is 2.49. The molecule has 0 saturated heterocycles. The highest BCUT2D eigenvalue weighted by molar-refractivity contribution is 5.10. The van der Waals surface area contributed by atoms with Crippen molar-refractivity contribution in [3.8, 4) is 0 Å². The molecule has 1 N–H and O–H groups in total. The van der Waals surface area contributed by atoms with Crippen LogP contribution in [-0.2, 0) is 0 Å². The second-order valence-corrected chi connectivity index (χ2v) is 4.09. The van der Waals surface area contributed by atoms with Crippen LogP contribution in [0.4, 0.5) is 0 Å². The van der Waals surface area contributed by atoms with Crippen LogP contribution < -0.4 is 0 Å². The summed E-state index contributed by atoms with van der Waals surface area (Å²) < 4.78 is 0. The topological polar surface area (TPSA) is 20.2 Å². The van der Waals surface area contributed by atoms with Gasteiger partial charge in [-0.05, 0) is 24.7 Å². The zero-order chi connectivity index (χ0) is 7.94. The van der Waals surface area contributed by atoms with Crippen LogP contribution in [-0.4, -0.2) is 11.2 Å². The van der Waals surface area contributed by atoms with E-state index >= 15 is 0 Å². The summed E-state index contributed by atoms with van der Waals surface area (Å²) in [7, 11) is 0. The highest BCUT2D eigenvalue weighted by Crippen LogP contribution is 2.54. The fourth-order valence-electron chi connectivity index (χ4n) is 1.39. The molecule has 2 atom stereocenters. The van der Waals surface area contributed by atoms with Crippen LogP contribution in [0.25, 0.3) is 0 Å². The average Bonchev–Trinajstić information content (AvgIpc) is 2.38. The molecule has 1 aliphatic carbocycles. The minimum Gasteiger partial charge on any atom is -0.388 e. The van der Waals surface area contributed by atoms with Crippen molar-refractivity contribution in [2.45, 2.75) is 33.3 Å². The Balaban J connectivity index is 2.47. The lowest BCUT2D eigenvalue weighted by Gasteiger charge is -2.10. The zero-order valence-electron chi connectivity index (χ0n) is 7.02. The van der Waals surface area contributed by atoms with Gasteiger partial charge >= 0.3 is 0 Å². The molecule has 1 heteroatoms. The first-order valence-corrected chi connectivity index (χ1v) is 3.78. The molecular formula is C9H16O. The Bertz CT molecular complexity index is 158. The van der Waals surface area contributed by atoms with E-state index in [-0.39, 0.29) is 6.10 Å². The van der Waals surface area contributed by atoms with Gasteiger partial charge in [0.15, 0.2) is 0 Å². The van der Waals surface area contributed by atoms with Gasteiger partial charge in [0.05, 0.1) is 6.10 Å². The van der Waals surface area contributed by atoms with Gasteiger partial charge in [-0.25, -0.2) is 0 Å². The van der Waals surface area contributed by atoms with Crippen LogP contribution in [0.2, 0.25) is 0 Å². The molecular weight excluding hydrogens is 124 g/mol. The maximum Gasteiger partial charge on any atom is 0.0778 e. The summed E-state index contributed by atoms with van der Waals surface area (Å²) in [4.78, 5) is 0. The van der Waals surface area contributed by atoms with Crippen molar-refractivity contribution in [1.82, 2.24) is 0 Å². The van der Waals surface area contributed by atoms with E-state index in [4.69, 9.17) is 0 Å². The van der Waals surface area contributed by atoms with E-state index in [2.05, 4.69) is 20.4 Å². The van der Waals surface area contributed by atoms with Crippen molar-refractivity contribution >= 4 is 0 Å². The van der Waals surface area contributed by atoms with Crippen LogP contribution in [0.5, 0.6) is 0 Å². The van der Waals surface area contributed by atoms with Gasteiger partial charge in [-0.2, -0.15) is 0 Å². The van der Waals surface area contributed by atoms with E-state index < -0.39 is 0 Å². The number of rotatable bonds is 2. The highest BCUT2D eigenvalue weighted by atomic mass is 16.3. The molecule has 10 heavy (non-hydrogen) atoms. The predicted molar refractivity (Wildman–Crippen MR) is 42.7 cm³/mol. The largest absolute Gasteiger partial charge is 0.388 e. The van der Waals surface area contributed by atoms with E-state index in [1.54, 1.807) is 0 Å². The fraction of sp³-hybridized carbons (Fsp3) is 0.778.